The number of ether oxygens (including phenoxy) is 1. The molecule has 0 N–H and O–H groups in total. The highest BCUT2D eigenvalue weighted by atomic mass is 16.5. The second kappa shape index (κ2) is 6.95. The molecule has 1 aliphatic carbocycles. The van der Waals surface area contributed by atoms with Gasteiger partial charge in [-0.3, -0.25) is 4.90 Å². The Kier molecular flexibility index (Phi) is 4.77. The van der Waals surface area contributed by atoms with E-state index in [1.54, 1.807) is 0 Å². The minimum absolute atomic E-state index is 0.469. The third kappa shape index (κ3) is 3.57. The summed E-state index contributed by atoms with van der Waals surface area (Å²) in [5.74, 6) is 1.86. The number of nitrogens with zero attached hydrogens (tertiary/aromatic N) is 2. The van der Waals surface area contributed by atoms with Crippen LogP contribution in [0.1, 0.15) is 37.7 Å². The molecule has 1 saturated carbocycles. The molecule has 2 aliphatic rings. The van der Waals surface area contributed by atoms with Gasteiger partial charge in [-0.05, 0) is 55.8 Å². The fraction of sp³-hybridized carbons (Fsp3) is 0.611. The zero-order valence-electron chi connectivity index (χ0n) is 12.6. The van der Waals surface area contributed by atoms with E-state index in [0.29, 0.717) is 6.42 Å². The summed E-state index contributed by atoms with van der Waals surface area (Å²) in [5, 5.41) is 8.66. The van der Waals surface area contributed by atoms with Crippen molar-refractivity contribution in [2.45, 2.75) is 44.6 Å². The largest absolute Gasteiger partial charge is 0.492 e. The highest BCUT2D eigenvalue weighted by Crippen LogP contribution is 2.36. The lowest BCUT2D eigenvalue weighted by molar-refractivity contribution is 0.0951. The zero-order valence-corrected chi connectivity index (χ0v) is 12.6. The van der Waals surface area contributed by atoms with E-state index in [1.165, 1.54) is 38.6 Å². The summed E-state index contributed by atoms with van der Waals surface area (Å²) in [4.78, 5) is 2.64. The lowest BCUT2D eigenvalue weighted by atomic mass is 9.92. The molecule has 2 fully saturated rings. The van der Waals surface area contributed by atoms with Gasteiger partial charge in [-0.25, -0.2) is 0 Å². The van der Waals surface area contributed by atoms with Gasteiger partial charge in [0, 0.05) is 12.6 Å². The van der Waals surface area contributed by atoms with Crippen LogP contribution >= 0.6 is 0 Å². The fourth-order valence-corrected chi connectivity index (χ4v) is 3.91. The molecule has 0 spiro atoms. The molecule has 0 bridgehead atoms. The first-order valence-electron chi connectivity index (χ1n) is 8.19. The predicted octanol–water partition coefficient (Wildman–Crippen LogP) is 3.40. The van der Waals surface area contributed by atoms with E-state index in [-0.39, 0.29) is 0 Å². The molecule has 3 heteroatoms. The van der Waals surface area contributed by atoms with E-state index < -0.39 is 0 Å². The molecule has 1 heterocycles. The molecular weight excluding hydrogens is 260 g/mol. The van der Waals surface area contributed by atoms with Crippen molar-refractivity contribution in [2.24, 2.45) is 5.92 Å². The minimum atomic E-state index is 0.469. The van der Waals surface area contributed by atoms with Gasteiger partial charge < -0.3 is 4.74 Å². The van der Waals surface area contributed by atoms with Crippen molar-refractivity contribution in [2.75, 3.05) is 19.7 Å². The van der Waals surface area contributed by atoms with Crippen LogP contribution in [0.3, 0.4) is 0 Å². The lowest BCUT2D eigenvalue weighted by Gasteiger charge is -2.37. The second-order valence-electron chi connectivity index (χ2n) is 6.26. The monoisotopic (exact) mass is 284 g/mol. The second-order valence-corrected chi connectivity index (χ2v) is 6.26. The molecule has 3 rings (SSSR count). The van der Waals surface area contributed by atoms with Crippen molar-refractivity contribution in [1.29, 1.82) is 5.26 Å². The van der Waals surface area contributed by atoms with Crippen LogP contribution in [0.5, 0.6) is 5.75 Å². The van der Waals surface area contributed by atoms with E-state index in [9.17, 15) is 0 Å². The number of piperidine rings is 1. The molecule has 0 radical (unpaired) electrons. The zero-order chi connectivity index (χ0) is 14.5. The Bertz CT molecular complexity index is 491. The maximum absolute atomic E-state index is 8.66. The van der Waals surface area contributed by atoms with Gasteiger partial charge >= 0.3 is 0 Å². The molecule has 112 valence electrons. The molecular formula is C18H24N2O. The number of nitriles is 1. The number of fused-ring (bicyclic) bond motifs is 1. The summed E-state index contributed by atoms with van der Waals surface area (Å²) in [5.41, 5.74) is 1.05. The van der Waals surface area contributed by atoms with E-state index in [4.69, 9.17) is 10.00 Å². The van der Waals surface area contributed by atoms with Gasteiger partial charge in [0.05, 0.1) is 12.5 Å². The first-order valence-corrected chi connectivity index (χ1v) is 8.19. The number of benzene rings is 1. The van der Waals surface area contributed by atoms with Crippen molar-refractivity contribution in [1.82, 2.24) is 4.90 Å². The van der Waals surface area contributed by atoms with Gasteiger partial charge in [0.1, 0.15) is 12.4 Å². The van der Waals surface area contributed by atoms with Crippen LogP contribution in [0.25, 0.3) is 0 Å². The van der Waals surface area contributed by atoms with Gasteiger partial charge in [0.15, 0.2) is 0 Å². The Morgan fingerprint density at radius 3 is 2.76 bits per heavy atom. The summed E-state index contributed by atoms with van der Waals surface area (Å²) in [6.07, 6.45) is 7.48. The van der Waals surface area contributed by atoms with Crippen molar-refractivity contribution in [3.63, 3.8) is 0 Å². The molecule has 2 atom stereocenters. The standard InChI is InChI=1S/C18H24N2O/c19-11-10-15-6-8-17(9-7-15)21-14-13-20-12-2-4-16-3-1-5-18(16)20/h6-9,16,18H,1-5,10,12-14H2. The Balaban J connectivity index is 1.46. The average Bonchev–Trinajstić information content (AvgIpc) is 2.99. The lowest BCUT2D eigenvalue weighted by Crippen LogP contribution is -2.44. The van der Waals surface area contributed by atoms with Crippen LogP contribution in [0, 0.1) is 17.2 Å². The normalized spacial score (nSPS) is 25.3. The van der Waals surface area contributed by atoms with Gasteiger partial charge in [0.2, 0.25) is 0 Å². The van der Waals surface area contributed by atoms with Crippen molar-refractivity contribution in [3.8, 4) is 11.8 Å². The third-order valence-electron chi connectivity index (χ3n) is 4.96. The summed E-state index contributed by atoms with van der Waals surface area (Å²) in [6, 6.07) is 10.9. The van der Waals surface area contributed by atoms with Crippen LogP contribution < -0.4 is 4.74 Å². The SMILES string of the molecule is N#CCc1ccc(OCCN2CCCC3CCCC32)cc1. The van der Waals surface area contributed by atoms with Crippen LogP contribution in [-0.2, 0) is 6.42 Å². The first kappa shape index (κ1) is 14.4. The molecule has 1 saturated heterocycles. The molecule has 2 unspecified atom stereocenters. The summed E-state index contributed by atoms with van der Waals surface area (Å²) in [6.45, 7) is 3.05. The summed E-state index contributed by atoms with van der Waals surface area (Å²) in [7, 11) is 0. The van der Waals surface area contributed by atoms with Gasteiger partial charge in [-0.15, -0.1) is 0 Å². The Hall–Kier alpha value is -1.53. The van der Waals surface area contributed by atoms with Gasteiger partial charge in [0.25, 0.3) is 0 Å². The fourth-order valence-electron chi connectivity index (χ4n) is 3.91. The Morgan fingerprint density at radius 2 is 1.95 bits per heavy atom. The molecule has 3 nitrogen and oxygen atoms in total. The quantitative estimate of drug-likeness (QED) is 0.831. The predicted molar refractivity (Wildman–Crippen MR) is 83.2 cm³/mol. The number of likely N-dealkylation sites (tertiary alicyclic amines) is 1. The Labute approximate surface area is 127 Å². The topological polar surface area (TPSA) is 36.3 Å². The highest BCUT2D eigenvalue weighted by Gasteiger charge is 2.34. The molecule has 1 aromatic carbocycles. The molecule has 1 aliphatic heterocycles. The Morgan fingerprint density at radius 1 is 1.14 bits per heavy atom. The van der Waals surface area contributed by atoms with Crippen LogP contribution in [0.15, 0.2) is 24.3 Å². The minimum Gasteiger partial charge on any atom is -0.492 e. The molecule has 21 heavy (non-hydrogen) atoms. The van der Waals surface area contributed by atoms with E-state index >= 15 is 0 Å². The number of hydrogen-bond donors (Lipinski definition) is 0. The third-order valence-corrected chi connectivity index (χ3v) is 4.96. The maximum Gasteiger partial charge on any atom is 0.119 e. The highest BCUT2D eigenvalue weighted by molar-refractivity contribution is 5.28. The summed E-state index contributed by atoms with van der Waals surface area (Å²) < 4.78 is 5.87. The number of rotatable bonds is 5. The van der Waals surface area contributed by atoms with Crippen LogP contribution in [0.4, 0.5) is 0 Å². The average molecular weight is 284 g/mol. The van der Waals surface area contributed by atoms with Crippen molar-refractivity contribution < 1.29 is 4.74 Å². The van der Waals surface area contributed by atoms with Gasteiger partial charge in [-0.1, -0.05) is 18.6 Å². The van der Waals surface area contributed by atoms with E-state index in [0.717, 1.165) is 36.4 Å². The van der Waals surface area contributed by atoms with E-state index in [1.807, 2.05) is 24.3 Å². The molecule has 0 amide bonds. The first-order chi connectivity index (χ1) is 10.4. The smallest absolute Gasteiger partial charge is 0.119 e. The van der Waals surface area contributed by atoms with Crippen molar-refractivity contribution >= 4 is 0 Å². The molecule has 0 aromatic heterocycles. The van der Waals surface area contributed by atoms with E-state index in [2.05, 4.69) is 11.0 Å². The van der Waals surface area contributed by atoms with Crippen LogP contribution in [0.2, 0.25) is 0 Å². The van der Waals surface area contributed by atoms with Gasteiger partial charge in [-0.2, -0.15) is 5.26 Å². The number of hydrogen-bond acceptors (Lipinski definition) is 3. The van der Waals surface area contributed by atoms with Crippen LogP contribution in [-0.4, -0.2) is 30.6 Å². The maximum atomic E-state index is 8.66. The summed E-state index contributed by atoms with van der Waals surface area (Å²) >= 11 is 0. The van der Waals surface area contributed by atoms with Crippen molar-refractivity contribution in [3.05, 3.63) is 29.8 Å². The molecule has 1 aromatic rings.